The van der Waals surface area contributed by atoms with Crippen molar-refractivity contribution in [3.05, 3.63) is 93.9 Å². The second-order valence-electron chi connectivity index (χ2n) is 7.03. The third-order valence-electron chi connectivity index (χ3n) is 4.52. The van der Waals surface area contributed by atoms with E-state index in [0.29, 0.717) is 17.1 Å². The van der Waals surface area contributed by atoms with E-state index < -0.39 is 23.4 Å². The highest BCUT2D eigenvalue weighted by atomic mass is 19.1. The molecule has 0 saturated carbocycles. The Hall–Kier alpha value is -4.34. The number of esters is 2. The number of carbonyl (C=O) groups excluding carboxylic acids is 3. The quantitative estimate of drug-likeness (QED) is 0.420. The van der Waals surface area contributed by atoms with Crippen molar-refractivity contribution in [2.45, 2.75) is 20.3 Å². The maximum Gasteiger partial charge on any atom is 0.343 e. The fraction of sp³-hybridized carbons (Fsp3) is 0.200. The van der Waals surface area contributed by atoms with Gasteiger partial charge >= 0.3 is 11.9 Å². The minimum Gasteiger partial charge on any atom is -0.469 e. The Bertz CT molecular complexity index is 1240. The first kappa shape index (κ1) is 26.9. The minimum absolute atomic E-state index is 0.0400. The molecule has 10 heteroatoms. The molecule has 0 bridgehead atoms. The highest BCUT2D eigenvalue weighted by Gasteiger charge is 2.15. The zero-order chi connectivity index (χ0) is 26.0. The van der Waals surface area contributed by atoms with Gasteiger partial charge in [-0.3, -0.25) is 19.0 Å². The first-order valence-electron chi connectivity index (χ1n) is 10.4. The number of nitrogens with one attached hydrogen (secondary N) is 1. The fourth-order valence-electron chi connectivity index (χ4n) is 2.85. The van der Waals surface area contributed by atoms with Gasteiger partial charge in [0.15, 0.2) is 0 Å². The molecule has 0 saturated heterocycles. The van der Waals surface area contributed by atoms with Crippen LogP contribution in [0.5, 0.6) is 0 Å². The van der Waals surface area contributed by atoms with Gasteiger partial charge in [0.25, 0.3) is 5.56 Å². The van der Waals surface area contributed by atoms with Crippen LogP contribution in [0, 0.1) is 18.6 Å². The lowest BCUT2D eigenvalue weighted by atomic mass is 10.2. The predicted molar refractivity (Wildman–Crippen MR) is 124 cm³/mol. The molecule has 1 amide bonds. The number of hydrogen-bond acceptors (Lipinski definition) is 6. The molecule has 1 aromatic heterocycles. The number of ether oxygens (including phenoxy) is 2. The maximum absolute atomic E-state index is 12.9. The number of pyridine rings is 1. The number of amides is 1. The lowest BCUT2D eigenvalue weighted by Gasteiger charge is -2.11. The number of hydrogen-bond donors (Lipinski definition) is 1. The van der Waals surface area contributed by atoms with Crippen molar-refractivity contribution in [2.24, 2.45) is 0 Å². The topological polar surface area (TPSA) is 104 Å². The van der Waals surface area contributed by atoms with Crippen molar-refractivity contribution in [1.29, 1.82) is 0 Å². The lowest BCUT2D eigenvalue weighted by Crippen LogP contribution is -2.27. The number of nitrogens with zero attached hydrogens (tertiary/aromatic N) is 1. The van der Waals surface area contributed by atoms with Crippen molar-refractivity contribution >= 4 is 23.5 Å². The molecule has 0 aliphatic carbocycles. The van der Waals surface area contributed by atoms with Crippen molar-refractivity contribution < 1.29 is 32.6 Å². The van der Waals surface area contributed by atoms with E-state index in [4.69, 9.17) is 4.74 Å². The molecule has 0 atom stereocenters. The molecule has 3 rings (SSSR count). The van der Waals surface area contributed by atoms with Gasteiger partial charge < -0.3 is 14.8 Å². The number of methoxy groups -OCH3 is 1. The van der Waals surface area contributed by atoms with E-state index >= 15 is 0 Å². The van der Waals surface area contributed by atoms with Crippen molar-refractivity contribution in [2.75, 3.05) is 19.0 Å². The lowest BCUT2D eigenvalue weighted by molar-refractivity contribution is -0.142. The molecular formula is C25H24F2N2O6. The van der Waals surface area contributed by atoms with Gasteiger partial charge in [0.2, 0.25) is 5.91 Å². The summed E-state index contributed by atoms with van der Waals surface area (Å²) in [5.74, 6) is -2.54. The number of benzene rings is 2. The van der Waals surface area contributed by atoms with E-state index in [0.717, 1.165) is 0 Å². The van der Waals surface area contributed by atoms with E-state index in [-0.39, 0.29) is 30.2 Å². The Kier molecular flexibility index (Phi) is 9.83. The summed E-state index contributed by atoms with van der Waals surface area (Å²) in [6.07, 6.45) is -0.353. The average Bonchev–Trinajstić information content (AvgIpc) is 2.82. The molecule has 0 aliphatic heterocycles. The molecule has 184 valence electrons. The van der Waals surface area contributed by atoms with Crippen LogP contribution in [0.3, 0.4) is 0 Å². The fourth-order valence-corrected chi connectivity index (χ4v) is 2.85. The van der Waals surface area contributed by atoms with Gasteiger partial charge in [-0.1, -0.05) is 0 Å². The van der Waals surface area contributed by atoms with Crippen LogP contribution < -0.4 is 10.9 Å². The van der Waals surface area contributed by atoms with Crippen LogP contribution in [0.25, 0.3) is 5.69 Å². The summed E-state index contributed by atoms with van der Waals surface area (Å²) >= 11 is 0. The summed E-state index contributed by atoms with van der Waals surface area (Å²) in [4.78, 5) is 46.0. The van der Waals surface area contributed by atoms with E-state index in [1.807, 2.05) is 0 Å². The number of carbonyl (C=O) groups is 3. The third-order valence-corrected chi connectivity index (χ3v) is 4.52. The molecule has 2 aromatic carbocycles. The second kappa shape index (κ2) is 12.8. The normalized spacial score (nSPS) is 9.97. The highest BCUT2D eigenvalue weighted by Crippen LogP contribution is 2.11. The van der Waals surface area contributed by atoms with Crippen LogP contribution in [0.4, 0.5) is 14.5 Å². The summed E-state index contributed by atoms with van der Waals surface area (Å²) < 4.78 is 36.0. The summed E-state index contributed by atoms with van der Waals surface area (Å²) in [5.41, 5.74) is 1.07. The summed E-state index contributed by atoms with van der Waals surface area (Å²) in [5, 5.41) is 2.43. The summed E-state index contributed by atoms with van der Waals surface area (Å²) in [7, 11) is 1.20. The van der Waals surface area contributed by atoms with Crippen molar-refractivity contribution in [1.82, 2.24) is 4.57 Å². The molecule has 0 radical (unpaired) electrons. The number of rotatable bonds is 6. The molecule has 0 aliphatic rings. The number of halogens is 2. The van der Waals surface area contributed by atoms with E-state index in [1.165, 1.54) is 66.3 Å². The second-order valence-corrected chi connectivity index (χ2v) is 7.03. The largest absolute Gasteiger partial charge is 0.469 e. The smallest absolute Gasteiger partial charge is 0.343 e. The first-order valence-corrected chi connectivity index (χ1v) is 10.4. The van der Waals surface area contributed by atoms with Crippen molar-refractivity contribution in [3.8, 4) is 5.69 Å². The Morgan fingerprint density at radius 3 is 2.03 bits per heavy atom. The van der Waals surface area contributed by atoms with E-state index in [1.54, 1.807) is 19.9 Å². The minimum atomic E-state index is -0.659. The van der Waals surface area contributed by atoms with E-state index in [2.05, 4.69) is 10.1 Å². The number of aryl methyl sites for hydroxylation is 1. The van der Waals surface area contributed by atoms with Gasteiger partial charge in [-0.15, -0.1) is 0 Å². The molecule has 1 N–H and O–H groups in total. The first-order chi connectivity index (χ1) is 16.7. The Balaban J connectivity index is 0.000000258. The van der Waals surface area contributed by atoms with E-state index in [9.17, 15) is 28.0 Å². The molecule has 3 aromatic rings. The van der Waals surface area contributed by atoms with Crippen LogP contribution >= 0.6 is 0 Å². The molecule has 8 nitrogen and oxygen atoms in total. The monoisotopic (exact) mass is 486 g/mol. The van der Waals surface area contributed by atoms with Gasteiger partial charge in [-0.05, 0) is 74.5 Å². The SMILES string of the molecule is CCOC(=O)c1ccc(C)n(-c2ccc(F)cc2)c1=O.COC(=O)CC(=O)Nc1ccc(F)cc1. The zero-order valence-corrected chi connectivity index (χ0v) is 19.3. The van der Waals surface area contributed by atoms with Gasteiger partial charge in [-0.2, -0.15) is 0 Å². The number of anilines is 1. The Morgan fingerprint density at radius 1 is 0.914 bits per heavy atom. The van der Waals surface area contributed by atoms with Crippen molar-refractivity contribution in [3.63, 3.8) is 0 Å². The van der Waals surface area contributed by atoms with Gasteiger partial charge in [0, 0.05) is 17.1 Å². The summed E-state index contributed by atoms with van der Waals surface area (Å²) in [6, 6.07) is 13.8. The van der Waals surface area contributed by atoms with Gasteiger partial charge in [0.05, 0.1) is 13.7 Å². The average molecular weight is 486 g/mol. The van der Waals surface area contributed by atoms with Crippen LogP contribution in [0.15, 0.2) is 65.5 Å². The van der Waals surface area contributed by atoms with Crippen LogP contribution in [0.2, 0.25) is 0 Å². The van der Waals surface area contributed by atoms with Crippen LogP contribution in [-0.2, 0) is 19.1 Å². The molecule has 0 spiro atoms. The van der Waals surface area contributed by atoms with Gasteiger partial charge in [-0.25, -0.2) is 13.6 Å². The zero-order valence-electron chi connectivity index (χ0n) is 19.3. The van der Waals surface area contributed by atoms with Gasteiger partial charge in [0.1, 0.15) is 23.6 Å². The van der Waals surface area contributed by atoms with Crippen LogP contribution in [0.1, 0.15) is 29.4 Å². The Morgan fingerprint density at radius 2 is 1.49 bits per heavy atom. The Labute approximate surface area is 200 Å². The maximum atomic E-state index is 12.9. The molecule has 0 unspecified atom stereocenters. The standard InChI is InChI=1S/C15H14FNO3.C10H10FNO3/c1-3-20-15(19)13-9-4-10(2)17(14(13)18)12-7-5-11(16)6-8-12;1-15-10(14)6-9(13)12-8-4-2-7(11)3-5-8/h4-9H,3H2,1-2H3;2-5H,6H2,1H3,(H,12,13). The summed E-state index contributed by atoms with van der Waals surface area (Å²) in [6.45, 7) is 3.60. The molecule has 0 fully saturated rings. The van der Waals surface area contributed by atoms with Crippen LogP contribution in [-0.4, -0.2) is 36.1 Å². The number of aromatic nitrogens is 1. The predicted octanol–water partition coefficient (Wildman–Crippen LogP) is 3.79. The highest BCUT2D eigenvalue weighted by molar-refractivity contribution is 6.01. The molecule has 1 heterocycles. The molecule has 35 heavy (non-hydrogen) atoms. The third kappa shape index (κ3) is 7.88. The molecular weight excluding hydrogens is 462 g/mol.